The number of amides is 1. The number of rotatable bonds is 10. The van der Waals surface area contributed by atoms with Gasteiger partial charge in [0.1, 0.15) is 0 Å². The zero-order valence-corrected chi connectivity index (χ0v) is 12.9. The van der Waals surface area contributed by atoms with Crippen LogP contribution >= 0.6 is 0 Å². The number of nitrogens with one attached hydrogen (secondary N) is 2. The van der Waals surface area contributed by atoms with Crippen molar-refractivity contribution in [1.82, 2.24) is 10.6 Å². The van der Waals surface area contributed by atoms with E-state index in [1.165, 1.54) is 32.1 Å². The first-order valence-electron chi connectivity index (χ1n) is 8.28. The van der Waals surface area contributed by atoms with Crippen LogP contribution in [0.25, 0.3) is 0 Å². The monoisotopic (exact) mass is 268 g/mol. The lowest BCUT2D eigenvalue weighted by molar-refractivity contribution is -0.127. The normalized spacial score (nSPS) is 22.6. The second kappa shape index (κ2) is 9.35. The maximum absolute atomic E-state index is 12.3. The molecule has 0 radical (unpaired) electrons. The molecule has 3 heteroatoms. The van der Waals surface area contributed by atoms with E-state index >= 15 is 0 Å². The summed E-state index contributed by atoms with van der Waals surface area (Å²) in [4.78, 5) is 12.3. The van der Waals surface area contributed by atoms with E-state index in [0.717, 1.165) is 45.2 Å². The Hall–Kier alpha value is -0.570. The van der Waals surface area contributed by atoms with E-state index in [-0.39, 0.29) is 11.4 Å². The minimum Gasteiger partial charge on any atom is -0.354 e. The predicted octanol–water partition coefficient (Wildman–Crippen LogP) is 3.39. The molecule has 1 atom stereocenters. The molecule has 2 N–H and O–H groups in total. The predicted molar refractivity (Wildman–Crippen MR) is 81.3 cm³/mol. The number of carbonyl (C=O) groups excluding carboxylic acids is 1. The van der Waals surface area contributed by atoms with Gasteiger partial charge in [0.15, 0.2) is 0 Å². The number of hydrogen-bond donors (Lipinski definition) is 2. The van der Waals surface area contributed by atoms with E-state index in [1.807, 2.05) is 0 Å². The van der Waals surface area contributed by atoms with Gasteiger partial charge >= 0.3 is 0 Å². The van der Waals surface area contributed by atoms with Crippen LogP contribution in [-0.4, -0.2) is 24.5 Å². The molecule has 19 heavy (non-hydrogen) atoms. The third kappa shape index (κ3) is 5.52. The zero-order chi connectivity index (χ0) is 14.0. The van der Waals surface area contributed by atoms with Gasteiger partial charge in [-0.3, -0.25) is 4.79 Å². The first-order valence-corrected chi connectivity index (χ1v) is 8.28. The van der Waals surface area contributed by atoms with Crippen LogP contribution in [0.5, 0.6) is 0 Å². The van der Waals surface area contributed by atoms with Gasteiger partial charge in [0.25, 0.3) is 0 Å². The summed E-state index contributed by atoms with van der Waals surface area (Å²) in [5, 5.41) is 6.57. The minimum absolute atomic E-state index is 0.236. The molecule has 0 aromatic carbocycles. The summed E-state index contributed by atoms with van der Waals surface area (Å²) in [6.45, 7) is 6.23. The number of hydrogen-bond acceptors (Lipinski definition) is 2. The molecule has 0 aromatic heterocycles. The Morgan fingerprint density at radius 2 is 1.84 bits per heavy atom. The molecule has 1 rings (SSSR count). The van der Waals surface area contributed by atoms with Crippen LogP contribution in [0.3, 0.4) is 0 Å². The highest BCUT2D eigenvalue weighted by atomic mass is 16.2. The van der Waals surface area contributed by atoms with Crippen molar-refractivity contribution in [2.75, 3.05) is 13.1 Å². The van der Waals surface area contributed by atoms with Crippen molar-refractivity contribution in [2.24, 2.45) is 0 Å². The van der Waals surface area contributed by atoms with Gasteiger partial charge in [-0.15, -0.1) is 0 Å². The molecule has 1 aliphatic heterocycles. The third-order valence-electron chi connectivity index (χ3n) is 4.17. The van der Waals surface area contributed by atoms with E-state index in [9.17, 15) is 4.79 Å². The summed E-state index contributed by atoms with van der Waals surface area (Å²) in [6, 6.07) is 0. The highest BCUT2D eigenvalue weighted by Gasteiger charge is 2.39. The van der Waals surface area contributed by atoms with Crippen LogP contribution in [0.2, 0.25) is 0 Å². The van der Waals surface area contributed by atoms with Gasteiger partial charge in [-0.25, -0.2) is 0 Å². The first-order chi connectivity index (χ1) is 9.25. The fourth-order valence-electron chi connectivity index (χ4n) is 3.03. The van der Waals surface area contributed by atoms with Crippen LogP contribution in [0.1, 0.15) is 78.1 Å². The summed E-state index contributed by atoms with van der Waals surface area (Å²) >= 11 is 0. The molecular weight excluding hydrogens is 236 g/mol. The molecule has 1 amide bonds. The second-order valence-electron chi connectivity index (χ2n) is 5.89. The molecule has 3 nitrogen and oxygen atoms in total. The number of carbonyl (C=O) groups is 1. The van der Waals surface area contributed by atoms with E-state index in [4.69, 9.17) is 0 Å². The Kier molecular flexibility index (Phi) is 8.11. The lowest BCUT2D eigenvalue weighted by atomic mass is 9.91. The van der Waals surface area contributed by atoms with E-state index < -0.39 is 0 Å². The van der Waals surface area contributed by atoms with Gasteiger partial charge in [0.05, 0.1) is 5.54 Å². The lowest BCUT2D eigenvalue weighted by Crippen LogP contribution is -2.53. The van der Waals surface area contributed by atoms with Crippen LogP contribution in [0.15, 0.2) is 0 Å². The second-order valence-corrected chi connectivity index (χ2v) is 5.89. The summed E-state index contributed by atoms with van der Waals surface area (Å²) < 4.78 is 0. The highest BCUT2D eigenvalue weighted by Crippen LogP contribution is 2.24. The third-order valence-corrected chi connectivity index (χ3v) is 4.17. The molecule has 1 fully saturated rings. The van der Waals surface area contributed by atoms with Gasteiger partial charge < -0.3 is 10.6 Å². The van der Waals surface area contributed by atoms with Crippen LogP contribution < -0.4 is 10.6 Å². The molecule has 1 aliphatic rings. The SMILES string of the molecule is CCCCCCCCNC(=O)C1(CCC)CCCN1. The summed E-state index contributed by atoms with van der Waals surface area (Å²) in [5.74, 6) is 0.236. The van der Waals surface area contributed by atoms with Gasteiger partial charge in [0, 0.05) is 6.54 Å². The Balaban J connectivity index is 2.15. The van der Waals surface area contributed by atoms with Crippen molar-refractivity contribution in [1.29, 1.82) is 0 Å². The molecule has 0 spiro atoms. The maximum atomic E-state index is 12.3. The zero-order valence-electron chi connectivity index (χ0n) is 12.9. The Labute approximate surface area is 118 Å². The first kappa shape index (κ1) is 16.5. The number of unbranched alkanes of at least 4 members (excludes halogenated alkanes) is 5. The van der Waals surface area contributed by atoms with Crippen molar-refractivity contribution >= 4 is 5.91 Å². The highest BCUT2D eigenvalue weighted by molar-refractivity contribution is 5.86. The molecule has 0 saturated carbocycles. The average Bonchev–Trinajstić information content (AvgIpc) is 2.88. The molecule has 112 valence electrons. The molecule has 1 heterocycles. The smallest absolute Gasteiger partial charge is 0.240 e. The van der Waals surface area contributed by atoms with Crippen molar-refractivity contribution < 1.29 is 4.79 Å². The van der Waals surface area contributed by atoms with Crippen LogP contribution in [0.4, 0.5) is 0 Å². The fourth-order valence-corrected chi connectivity index (χ4v) is 3.03. The van der Waals surface area contributed by atoms with Crippen molar-refractivity contribution in [3.8, 4) is 0 Å². The Morgan fingerprint density at radius 1 is 1.11 bits per heavy atom. The molecule has 0 aromatic rings. The molecule has 1 saturated heterocycles. The fraction of sp³-hybridized carbons (Fsp3) is 0.938. The van der Waals surface area contributed by atoms with Crippen LogP contribution in [0, 0.1) is 0 Å². The van der Waals surface area contributed by atoms with Gasteiger partial charge in [-0.1, -0.05) is 52.4 Å². The quantitative estimate of drug-likeness (QED) is 0.596. The molecule has 0 bridgehead atoms. The van der Waals surface area contributed by atoms with E-state index in [1.54, 1.807) is 0 Å². The average molecular weight is 268 g/mol. The van der Waals surface area contributed by atoms with E-state index in [2.05, 4.69) is 24.5 Å². The molecule has 1 unspecified atom stereocenters. The molecular formula is C16H32N2O. The summed E-state index contributed by atoms with van der Waals surface area (Å²) in [7, 11) is 0. The Bertz CT molecular complexity index is 247. The summed E-state index contributed by atoms with van der Waals surface area (Å²) in [6.07, 6.45) is 11.8. The van der Waals surface area contributed by atoms with Gasteiger partial charge in [-0.2, -0.15) is 0 Å². The minimum atomic E-state index is -0.253. The largest absolute Gasteiger partial charge is 0.354 e. The standard InChI is InChI=1S/C16H32N2O/c1-3-5-6-7-8-9-13-17-15(19)16(11-4-2)12-10-14-18-16/h18H,3-14H2,1-2H3,(H,17,19). The van der Waals surface area contributed by atoms with Crippen molar-refractivity contribution in [2.45, 2.75) is 83.6 Å². The Morgan fingerprint density at radius 3 is 2.47 bits per heavy atom. The lowest BCUT2D eigenvalue weighted by Gasteiger charge is -2.27. The van der Waals surface area contributed by atoms with E-state index in [0.29, 0.717) is 0 Å². The molecule has 0 aliphatic carbocycles. The van der Waals surface area contributed by atoms with Crippen LogP contribution in [-0.2, 0) is 4.79 Å². The maximum Gasteiger partial charge on any atom is 0.240 e. The van der Waals surface area contributed by atoms with Gasteiger partial charge in [-0.05, 0) is 32.2 Å². The van der Waals surface area contributed by atoms with Crippen molar-refractivity contribution in [3.63, 3.8) is 0 Å². The summed E-state index contributed by atoms with van der Waals surface area (Å²) in [5.41, 5.74) is -0.253. The van der Waals surface area contributed by atoms with Crippen molar-refractivity contribution in [3.05, 3.63) is 0 Å². The van der Waals surface area contributed by atoms with Gasteiger partial charge in [0.2, 0.25) is 5.91 Å². The topological polar surface area (TPSA) is 41.1 Å².